The van der Waals surface area contributed by atoms with Crippen LogP contribution in [0.15, 0.2) is 5.16 Å². The maximum Gasteiger partial charge on any atom is 0.209 e. The van der Waals surface area contributed by atoms with E-state index < -0.39 is 0 Å². The molecule has 0 aliphatic heterocycles. The summed E-state index contributed by atoms with van der Waals surface area (Å²) < 4.78 is 1.69. The fourth-order valence-corrected chi connectivity index (χ4v) is 1.48. The van der Waals surface area contributed by atoms with Crippen molar-refractivity contribution in [3.05, 3.63) is 5.69 Å². The highest BCUT2D eigenvalue weighted by Gasteiger charge is 2.08. The number of rotatable bonds is 1. The van der Waals surface area contributed by atoms with Gasteiger partial charge in [0.2, 0.25) is 5.16 Å². The van der Waals surface area contributed by atoms with Crippen molar-refractivity contribution in [3.63, 3.8) is 0 Å². The van der Waals surface area contributed by atoms with Crippen LogP contribution in [0.1, 0.15) is 5.69 Å². The van der Waals surface area contributed by atoms with Gasteiger partial charge in [-0.2, -0.15) is 5.10 Å². The van der Waals surface area contributed by atoms with Gasteiger partial charge >= 0.3 is 0 Å². The summed E-state index contributed by atoms with van der Waals surface area (Å²) in [5.74, 6) is 0. The van der Waals surface area contributed by atoms with Gasteiger partial charge in [-0.3, -0.25) is 0 Å². The summed E-state index contributed by atoms with van der Waals surface area (Å²) in [6, 6.07) is 0. The standard InChI is InChI=1S/C7H9N5S/c1-4-5-6(12(2)11-4)9-10-7(8-5)13-3/h1-3H3. The summed E-state index contributed by atoms with van der Waals surface area (Å²) in [4.78, 5) is 4.32. The van der Waals surface area contributed by atoms with Crippen molar-refractivity contribution in [2.45, 2.75) is 12.1 Å². The van der Waals surface area contributed by atoms with E-state index in [0.29, 0.717) is 5.16 Å². The van der Waals surface area contributed by atoms with E-state index >= 15 is 0 Å². The quantitative estimate of drug-likeness (QED) is 0.630. The molecule has 0 spiro atoms. The fourth-order valence-electron chi connectivity index (χ4n) is 1.17. The fraction of sp³-hybridized carbons (Fsp3) is 0.429. The lowest BCUT2D eigenvalue weighted by Gasteiger charge is -1.93. The molecule has 68 valence electrons. The molecule has 0 N–H and O–H groups in total. The van der Waals surface area contributed by atoms with Crippen molar-refractivity contribution in [2.75, 3.05) is 6.26 Å². The predicted molar refractivity (Wildman–Crippen MR) is 50.6 cm³/mol. The zero-order chi connectivity index (χ0) is 9.42. The molecule has 0 saturated heterocycles. The first kappa shape index (κ1) is 8.43. The average molecular weight is 195 g/mol. The van der Waals surface area contributed by atoms with Crippen LogP contribution >= 0.6 is 11.8 Å². The van der Waals surface area contributed by atoms with Gasteiger partial charge in [-0.1, -0.05) is 11.8 Å². The van der Waals surface area contributed by atoms with Gasteiger partial charge < -0.3 is 0 Å². The Bertz CT molecular complexity index is 449. The summed E-state index contributed by atoms with van der Waals surface area (Å²) in [5.41, 5.74) is 2.46. The Labute approximate surface area is 79.6 Å². The number of thioether (sulfide) groups is 1. The van der Waals surface area contributed by atoms with Crippen LogP contribution in [0.3, 0.4) is 0 Å². The maximum atomic E-state index is 4.32. The van der Waals surface area contributed by atoms with E-state index in [-0.39, 0.29) is 0 Å². The van der Waals surface area contributed by atoms with Crippen LogP contribution in [0.5, 0.6) is 0 Å². The number of aromatic nitrogens is 5. The first-order chi connectivity index (χ1) is 6.22. The Morgan fingerprint density at radius 3 is 2.77 bits per heavy atom. The Balaban J connectivity index is 2.76. The molecule has 0 radical (unpaired) electrons. The first-order valence-corrected chi connectivity index (χ1v) is 5.03. The molecule has 0 amide bonds. The molecule has 2 rings (SSSR count). The smallest absolute Gasteiger partial charge is 0.209 e. The van der Waals surface area contributed by atoms with E-state index in [4.69, 9.17) is 0 Å². The van der Waals surface area contributed by atoms with Crippen molar-refractivity contribution in [1.29, 1.82) is 0 Å². The third-order valence-electron chi connectivity index (χ3n) is 1.78. The molecular weight excluding hydrogens is 186 g/mol. The van der Waals surface area contributed by atoms with Crippen LogP contribution in [0.4, 0.5) is 0 Å². The van der Waals surface area contributed by atoms with Crippen molar-refractivity contribution in [3.8, 4) is 0 Å². The van der Waals surface area contributed by atoms with Crippen LogP contribution < -0.4 is 0 Å². The van der Waals surface area contributed by atoms with Gasteiger partial charge in [0.25, 0.3) is 0 Å². The molecule has 0 aromatic carbocycles. The van der Waals surface area contributed by atoms with E-state index in [9.17, 15) is 0 Å². The molecule has 0 aliphatic carbocycles. The molecule has 2 aromatic heterocycles. The molecule has 0 saturated carbocycles. The molecule has 2 heterocycles. The molecule has 0 aliphatic rings. The van der Waals surface area contributed by atoms with Crippen LogP contribution in [0.25, 0.3) is 11.2 Å². The molecule has 13 heavy (non-hydrogen) atoms. The lowest BCUT2D eigenvalue weighted by atomic mass is 10.4. The summed E-state index contributed by atoms with van der Waals surface area (Å²) in [5, 5.41) is 12.9. The minimum Gasteiger partial charge on any atom is -0.247 e. The van der Waals surface area contributed by atoms with E-state index in [1.165, 1.54) is 11.8 Å². The Morgan fingerprint density at radius 2 is 2.08 bits per heavy atom. The minimum atomic E-state index is 0.684. The third-order valence-corrected chi connectivity index (χ3v) is 2.32. The highest BCUT2D eigenvalue weighted by molar-refractivity contribution is 7.98. The molecule has 6 heteroatoms. The van der Waals surface area contributed by atoms with Gasteiger partial charge in [0, 0.05) is 7.05 Å². The lowest BCUT2D eigenvalue weighted by Crippen LogP contribution is -1.95. The largest absolute Gasteiger partial charge is 0.247 e. The molecule has 0 atom stereocenters. The molecule has 0 unspecified atom stereocenters. The number of fused-ring (bicyclic) bond motifs is 1. The number of hydrogen-bond donors (Lipinski definition) is 0. The zero-order valence-corrected chi connectivity index (χ0v) is 8.46. The normalized spacial score (nSPS) is 11.0. The van der Waals surface area contributed by atoms with E-state index in [2.05, 4.69) is 20.3 Å². The molecular formula is C7H9N5S. The number of nitrogens with zero attached hydrogens (tertiary/aromatic N) is 5. The highest BCUT2D eigenvalue weighted by atomic mass is 32.2. The number of hydrogen-bond acceptors (Lipinski definition) is 5. The monoisotopic (exact) mass is 195 g/mol. The second-order valence-electron chi connectivity index (χ2n) is 2.68. The highest BCUT2D eigenvalue weighted by Crippen LogP contribution is 2.14. The van der Waals surface area contributed by atoms with Gasteiger partial charge in [0.15, 0.2) is 5.65 Å². The second kappa shape index (κ2) is 2.95. The Kier molecular flexibility index (Phi) is 1.91. The van der Waals surface area contributed by atoms with E-state index in [1.54, 1.807) is 4.68 Å². The first-order valence-electron chi connectivity index (χ1n) is 3.80. The van der Waals surface area contributed by atoms with E-state index in [1.807, 2.05) is 20.2 Å². The Morgan fingerprint density at radius 1 is 1.31 bits per heavy atom. The molecule has 0 bridgehead atoms. The van der Waals surface area contributed by atoms with Crippen molar-refractivity contribution >= 4 is 22.9 Å². The Hall–Kier alpha value is -1.17. The molecule has 0 fully saturated rings. The van der Waals surface area contributed by atoms with Crippen LogP contribution in [0, 0.1) is 6.92 Å². The average Bonchev–Trinajstić information content (AvgIpc) is 2.42. The molecule has 2 aromatic rings. The van der Waals surface area contributed by atoms with Crippen molar-refractivity contribution in [2.24, 2.45) is 7.05 Å². The van der Waals surface area contributed by atoms with Gasteiger partial charge in [0.05, 0.1) is 5.69 Å². The maximum absolute atomic E-state index is 4.32. The minimum absolute atomic E-state index is 0.684. The zero-order valence-electron chi connectivity index (χ0n) is 7.64. The van der Waals surface area contributed by atoms with Crippen molar-refractivity contribution in [1.82, 2.24) is 25.0 Å². The van der Waals surface area contributed by atoms with Crippen LogP contribution in [-0.4, -0.2) is 31.2 Å². The van der Waals surface area contributed by atoms with Crippen LogP contribution in [0.2, 0.25) is 0 Å². The molecule has 5 nitrogen and oxygen atoms in total. The second-order valence-corrected chi connectivity index (χ2v) is 3.45. The summed E-state index contributed by atoms with van der Waals surface area (Å²) in [6.07, 6.45) is 1.93. The summed E-state index contributed by atoms with van der Waals surface area (Å²) in [7, 11) is 1.84. The summed E-state index contributed by atoms with van der Waals surface area (Å²) in [6.45, 7) is 1.92. The topological polar surface area (TPSA) is 56.5 Å². The number of aryl methyl sites for hydroxylation is 2. The van der Waals surface area contributed by atoms with Gasteiger partial charge in [0.1, 0.15) is 5.52 Å². The van der Waals surface area contributed by atoms with Gasteiger partial charge in [-0.25, -0.2) is 9.67 Å². The SMILES string of the molecule is CSc1nnc2c(n1)c(C)nn2C. The predicted octanol–water partition coefficient (Wildman–Crippen LogP) is 0.789. The van der Waals surface area contributed by atoms with Crippen LogP contribution in [-0.2, 0) is 7.05 Å². The lowest BCUT2D eigenvalue weighted by molar-refractivity contribution is 0.757. The summed E-state index contributed by atoms with van der Waals surface area (Å²) >= 11 is 1.48. The van der Waals surface area contributed by atoms with Gasteiger partial charge in [-0.05, 0) is 13.2 Å². The van der Waals surface area contributed by atoms with Crippen molar-refractivity contribution < 1.29 is 0 Å². The van der Waals surface area contributed by atoms with E-state index in [0.717, 1.165) is 16.9 Å². The third kappa shape index (κ3) is 1.27. The van der Waals surface area contributed by atoms with Gasteiger partial charge in [-0.15, -0.1) is 10.2 Å².